The van der Waals surface area contributed by atoms with Crippen LogP contribution < -0.4 is 5.32 Å². The number of carbonyl (C=O) groups is 1. The number of nitrogens with one attached hydrogen (secondary N) is 1. The van der Waals surface area contributed by atoms with Crippen molar-refractivity contribution < 1.29 is 9.53 Å². The van der Waals surface area contributed by atoms with Crippen LogP contribution in [0.2, 0.25) is 0 Å². The summed E-state index contributed by atoms with van der Waals surface area (Å²) in [5, 5.41) is 3.25. The van der Waals surface area contributed by atoms with Crippen molar-refractivity contribution in [2.45, 2.75) is 32.7 Å². The van der Waals surface area contributed by atoms with E-state index in [4.69, 9.17) is 0 Å². The SMILES string of the molecule is CCN(CCNc1cc(C)nc(C(=O)OC)n1)C1CC1. The molecule has 1 aromatic rings. The first-order chi connectivity index (χ1) is 9.63. The average molecular weight is 278 g/mol. The third-order valence-corrected chi connectivity index (χ3v) is 3.40. The second-order valence-electron chi connectivity index (χ2n) is 5.00. The number of anilines is 1. The predicted molar refractivity (Wildman–Crippen MR) is 76.9 cm³/mol. The molecule has 1 aliphatic carbocycles. The monoisotopic (exact) mass is 278 g/mol. The van der Waals surface area contributed by atoms with E-state index in [9.17, 15) is 4.79 Å². The number of aryl methyl sites for hydroxylation is 1. The van der Waals surface area contributed by atoms with E-state index >= 15 is 0 Å². The third kappa shape index (κ3) is 3.90. The van der Waals surface area contributed by atoms with Gasteiger partial charge in [-0.1, -0.05) is 6.92 Å². The standard InChI is InChI=1S/C14H22N4O2/c1-4-18(11-5-6-11)8-7-15-12-9-10(2)16-13(17-12)14(19)20-3/h9,11H,4-8H2,1-3H3,(H,15,16,17). The Morgan fingerprint density at radius 2 is 2.25 bits per heavy atom. The maximum Gasteiger partial charge on any atom is 0.376 e. The number of rotatable bonds is 7. The Bertz CT molecular complexity index is 474. The van der Waals surface area contributed by atoms with Gasteiger partial charge in [0.25, 0.3) is 0 Å². The Balaban J connectivity index is 1.91. The molecule has 1 heterocycles. The zero-order chi connectivity index (χ0) is 14.5. The Kier molecular flexibility index (Phi) is 4.89. The van der Waals surface area contributed by atoms with E-state index in [1.54, 1.807) is 0 Å². The first-order valence-corrected chi connectivity index (χ1v) is 7.06. The van der Waals surface area contributed by atoms with Gasteiger partial charge >= 0.3 is 5.97 Å². The molecule has 0 spiro atoms. The van der Waals surface area contributed by atoms with Crippen molar-refractivity contribution in [1.82, 2.24) is 14.9 Å². The maximum atomic E-state index is 11.5. The van der Waals surface area contributed by atoms with E-state index in [2.05, 4.69) is 31.8 Å². The van der Waals surface area contributed by atoms with Gasteiger partial charge in [0.05, 0.1) is 7.11 Å². The molecule has 0 saturated heterocycles. The molecule has 0 amide bonds. The molecule has 110 valence electrons. The Labute approximate surface area is 119 Å². The van der Waals surface area contributed by atoms with Crippen molar-refractivity contribution in [3.63, 3.8) is 0 Å². The van der Waals surface area contributed by atoms with Crippen LogP contribution in [0.5, 0.6) is 0 Å². The minimum absolute atomic E-state index is 0.101. The summed E-state index contributed by atoms with van der Waals surface area (Å²) >= 11 is 0. The fraction of sp³-hybridized carbons (Fsp3) is 0.643. The lowest BCUT2D eigenvalue weighted by Gasteiger charge is -2.20. The number of aromatic nitrogens is 2. The van der Waals surface area contributed by atoms with Gasteiger partial charge in [-0.3, -0.25) is 4.90 Å². The van der Waals surface area contributed by atoms with Crippen molar-refractivity contribution in [3.8, 4) is 0 Å². The van der Waals surface area contributed by atoms with Crippen molar-refractivity contribution in [2.75, 3.05) is 32.1 Å². The van der Waals surface area contributed by atoms with Crippen molar-refractivity contribution >= 4 is 11.8 Å². The summed E-state index contributed by atoms with van der Waals surface area (Å²) in [4.78, 5) is 22.2. The summed E-state index contributed by atoms with van der Waals surface area (Å²) in [7, 11) is 1.33. The molecule has 0 aliphatic heterocycles. The molecule has 1 saturated carbocycles. The highest BCUT2D eigenvalue weighted by Gasteiger charge is 2.27. The minimum atomic E-state index is -0.509. The van der Waals surface area contributed by atoms with Crippen LogP contribution in [0.15, 0.2) is 6.07 Å². The zero-order valence-corrected chi connectivity index (χ0v) is 12.3. The highest BCUT2D eigenvalue weighted by molar-refractivity contribution is 5.85. The zero-order valence-electron chi connectivity index (χ0n) is 12.3. The van der Waals surface area contributed by atoms with Gasteiger partial charge in [0.1, 0.15) is 5.82 Å². The number of hydrogen-bond acceptors (Lipinski definition) is 6. The Morgan fingerprint density at radius 1 is 1.50 bits per heavy atom. The molecule has 0 aromatic carbocycles. The molecule has 2 rings (SSSR count). The summed E-state index contributed by atoms with van der Waals surface area (Å²) in [5.74, 6) is 0.263. The predicted octanol–water partition coefficient (Wildman–Crippen LogP) is 1.47. The largest absolute Gasteiger partial charge is 0.463 e. The van der Waals surface area contributed by atoms with Crippen LogP contribution in [0.1, 0.15) is 36.1 Å². The molecule has 1 N–H and O–H groups in total. The molecular weight excluding hydrogens is 256 g/mol. The normalized spacial score (nSPS) is 14.4. The number of esters is 1. The van der Waals surface area contributed by atoms with E-state index in [-0.39, 0.29) is 5.82 Å². The van der Waals surface area contributed by atoms with Gasteiger partial charge in [0.15, 0.2) is 0 Å². The number of nitrogens with zero attached hydrogens (tertiary/aromatic N) is 3. The van der Waals surface area contributed by atoms with Gasteiger partial charge in [-0.25, -0.2) is 14.8 Å². The van der Waals surface area contributed by atoms with Crippen molar-refractivity contribution in [1.29, 1.82) is 0 Å². The molecular formula is C14H22N4O2. The van der Waals surface area contributed by atoms with Crippen molar-refractivity contribution in [3.05, 3.63) is 17.6 Å². The van der Waals surface area contributed by atoms with Gasteiger partial charge in [0, 0.05) is 30.9 Å². The molecule has 6 nitrogen and oxygen atoms in total. The van der Waals surface area contributed by atoms with Crippen molar-refractivity contribution in [2.24, 2.45) is 0 Å². The topological polar surface area (TPSA) is 67.4 Å². The second kappa shape index (κ2) is 6.65. The average Bonchev–Trinajstić information content (AvgIpc) is 3.26. The van der Waals surface area contributed by atoms with Crippen LogP contribution in [0.3, 0.4) is 0 Å². The van der Waals surface area contributed by atoms with Gasteiger partial charge < -0.3 is 10.1 Å². The van der Waals surface area contributed by atoms with E-state index in [1.807, 2.05) is 13.0 Å². The van der Waals surface area contributed by atoms with E-state index in [1.165, 1.54) is 20.0 Å². The smallest absolute Gasteiger partial charge is 0.376 e. The lowest BCUT2D eigenvalue weighted by molar-refractivity contribution is 0.0586. The first kappa shape index (κ1) is 14.7. The van der Waals surface area contributed by atoms with Crippen LogP contribution in [0.4, 0.5) is 5.82 Å². The van der Waals surface area contributed by atoms with Gasteiger partial charge in [-0.2, -0.15) is 0 Å². The summed E-state index contributed by atoms with van der Waals surface area (Å²) in [6.45, 7) is 6.88. The number of carbonyl (C=O) groups excluding carboxylic acids is 1. The van der Waals surface area contributed by atoms with Crippen LogP contribution in [0.25, 0.3) is 0 Å². The number of likely N-dealkylation sites (N-methyl/N-ethyl adjacent to an activating group) is 1. The van der Waals surface area contributed by atoms with Crippen LogP contribution >= 0.6 is 0 Å². The molecule has 0 bridgehead atoms. The fourth-order valence-corrected chi connectivity index (χ4v) is 2.21. The van der Waals surface area contributed by atoms with Crippen LogP contribution in [-0.2, 0) is 4.74 Å². The number of ether oxygens (including phenoxy) is 1. The summed E-state index contributed by atoms with van der Waals surface area (Å²) in [6.07, 6.45) is 2.62. The Morgan fingerprint density at radius 3 is 2.85 bits per heavy atom. The number of hydrogen-bond donors (Lipinski definition) is 1. The quantitative estimate of drug-likeness (QED) is 0.762. The summed E-state index contributed by atoms with van der Waals surface area (Å²) in [6, 6.07) is 2.60. The lowest BCUT2D eigenvalue weighted by Crippen LogP contribution is -2.31. The molecule has 1 aromatic heterocycles. The highest BCUT2D eigenvalue weighted by atomic mass is 16.5. The third-order valence-electron chi connectivity index (χ3n) is 3.40. The van der Waals surface area contributed by atoms with E-state index in [0.717, 1.165) is 31.4 Å². The molecule has 1 fully saturated rings. The maximum absolute atomic E-state index is 11.5. The molecule has 0 radical (unpaired) electrons. The van der Waals surface area contributed by atoms with Crippen LogP contribution in [0, 0.1) is 6.92 Å². The van der Waals surface area contributed by atoms with Gasteiger partial charge in [0.2, 0.25) is 5.82 Å². The molecule has 0 unspecified atom stereocenters. The lowest BCUT2D eigenvalue weighted by atomic mass is 10.4. The minimum Gasteiger partial charge on any atom is -0.463 e. The van der Waals surface area contributed by atoms with E-state index in [0.29, 0.717) is 5.82 Å². The molecule has 6 heteroatoms. The molecule has 1 aliphatic rings. The fourth-order valence-electron chi connectivity index (χ4n) is 2.21. The highest BCUT2D eigenvalue weighted by Crippen LogP contribution is 2.25. The second-order valence-corrected chi connectivity index (χ2v) is 5.00. The Hall–Kier alpha value is -1.69. The molecule has 20 heavy (non-hydrogen) atoms. The summed E-state index contributed by atoms with van der Waals surface area (Å²) < 4.78 is 4.65. The summed E-state index contributed by atoms with van der Waals surface area (Å²) in [5.41, 5.74) is 0.748. The van der Waals surface area contributed by atoms with Gasteiger partial charge in [-0.05, 0) is 26.3 Å². The van der Waals surface area contributed by atoms with Gasteiger partial charge in [-0.15, -0.1) is 0 Å². The van der Waals surface area contributed by atoms with Crippen LogP contribution in [-0.4, -0.2) is 53.6 Å². The molecule has 0 atom stereocenters. The number of methoxy groups -OCH3 is 1. The van der Waals surface area contributed by atoms with E-state index < -0.39 is 5.97 Å². The first-order valence-electron chi connectivity index (χ1n) is 7.06.